The number of methoxy groups -OCH3 is 1. The molecule has 2 N–H and O–H groups in total. The minimum Gasteiger partial charge on any atom is -0.504 e. The summed E-state index contributed by atoms with van der Waals surface area (Å²) in [6.07, 6.45) is 1.21. The number of fused-ring (bicyclic) bond motifs is 1. The SMILES string of the molecule is COc1cc2occc(=O)c2c(O)c1O. The Morgan fingerprint density at radius 2 is 2.07 bits per heavy atom. The summed E-state index contributed by atoms with van der Waals surface area (Å²) in [5.41, 5.74) is -0.263. The Balaban J connectivity index is 2.97. The van der Waals surface area contributed by atoms with Gasteiger partial charge in [0.15, 0.2) is 16.9 Å². The molecule has 0 aliphatic rings. The molecule has 15 heavy (non-hydrogen) atoms. The number of benzene rings is 1. The monoisotopic (exact) mass is 208 g/mol. The first-order valence-corrected chi connectivity index (χ1v) is 4.15. The minimum absolute atomic E-state index is 0.0503. The summed E-state index contributed by atoms with van der Waals surface area (Å²) in [6.45, 7) is 0. The van der Waals surface area contributed by atoms with Crippen LogP contribution in [-0.2, 0) is 0 Å². The Bertz CT molecular complexity index is 570. The standard InChI is InChI=1S/C10H8O5/c1-14-7-4-6-8(10(13)9(7)12)5(11)2-3-15-6/h2-4,12-13H,1H3. The summed E-state index contributed by atoms with van der Waals surface area (Å²) >= 11 is 0. The van der Waals surface area contributed by atoms with E-state index in [1.807, 2.05) is 0 Å². The molecule has 1 aromatic heterocycles. The van der Waals surface area contributed by atoms with Crippen LogP contribution < -0.4 is 10.2 Å². The lowest BCUT2D eigenvalue weighted by Gasteiger charge is -2.06. The van der Waals surface area contributed by atoms with E-state index in [0.29, 0.717) is 0 Å². The van der Waals surface area contributed by atoms with Crippen LogP contribution in [0.25, 0.3) is 11.0 Å². The van der Waals surface area contributed by atoms with E-state index >= 15 is 0 Å². The van der Waals surface area contributed by atoms with E-state index in [9.17, 15) is 15.0 Å². The number of aromatic hydroxyl groups is 2. The third-order valence-corrected chi connectivity index (χ3v) is 2.08. The van der Waals surface area contributed by atoms with Crippen LogP contribution in [0.1, 0.15) is 0 Å². The second-order valence-electron chi connectivity index (χ2n) is 2.93. The second kappa shape index (κ2) is 3.20. The third-order valence-electron chi connectivity index (χ3n) is 2.08. The molecule has 0 bridgehead atoms. The van der Waals surface area contributed by atoms with Gasteiger partial charge in [0.25, 0.3) is 0 Å². The Morgan fingerprint density at radius 1 is 1.33 bits per heavy atom. The molecule has 0 saturated heterocycles. The number of ether oxygens (including phenoxy) is 1. The highest BCUT2D eigenvalue weighted by atomic mass is 16.5. The molecule has 0 aliphatic heterocycles. The number of hydrogen-bond acceptors (Lipinski definition) is 5. The van der Waals surface area contributed by atoms with E-state index in [4.69, 9.17) is 9.15 Å². The lowest BCUT2D eigenvalue weighted by atomic mass is 10.2. The molecule has 1 aromatic carbocycles. The molecule has 0 aliphatic carbocycles. The summed E-state index contributed by atoms with van der Waals surface area (Å²) in [6, 6.07) is 2.50. The van der Waals surface area contributed by atoms with Crippen molar-refractivity contribution >= 4 is 11.0 Å². The maximum absolute atomic E-state index is 11.4. The van der Waals surface area contributed by atoms with Crippen molar-refractivity contribution in [2.24, 2.45) is 0 Å². The highest BCUT2D eigenvalue weighted by molar-refractivity contribution is 5.88. The first-order valence-electron chi connectivity index (χ1n) is 4.15. The molecule has 2 rings (SSSR count). The zero-order chi connectivity index (χ0) is 11.0. The molecular formula is C10H8O5. The maximum Gasteiger partial charge on any atom is 0.201 e. The Kier molecular flexibility index (Phi) is 2.00. The summed E-state index contributed by atoms with van der Waals surface area (Å²) in [4.78, 5) is 11.4. The summed E-state index contributed by atoms with van der Waals surface area (Å²) in [5, 5.41) is 19.0. The van der Waals surface area contributed by atoms with Crippen molar-refractivity contribution in [3.63, 3.8) is 0 Å². The molecule has 0 spiro atoms. The van der Waals surface area contributed by atoms with Gasteiger partial charge >= 0.3 is 0 Å². The van der Waals surface area contributed by atoms with Crippen LogP contribution in [0.3, 0.4) is 0 Å². The number of rotatable bonds is 1. The van der Waals surface area contributed by atoms with Crippen LogP contribution in [0.4, 0.5) is 0 Å². The highest BCUT2D eigenvalue weighted by Gasteiger charge is 2.15. The van der Waals surface area contributed by atoms with Crippen LogP contribution in [0.15, 0.2) is 27.6 Å². The maximum atomic E-state index is 11.4. The topological polar surface area (TPSA) is 79.9 Å². The van der Waals surface area contributed by atoms with E-state index in [1.54, 1.807) is 0 Å². The van der Waals surface area contributed by atoms with Gasteiger partial charge in [-0.15, -0.1) is 0 Å². The normalized spacial score (nSPS) is 10.5. The van der Waals surface area contributed by atoms with Crippen molar-refractivity contribution in [2.45, 2.75) is 0 Å². The van der Waals surface area contributed by atoms with Gasteiger partial charge in [-0.2, -0.15) is 0 Å². The summed E-state index contributed by atoms with van der Waals surface area (Å²) < 4.78 is 9.82. The van der Waals surface area contributed by atoms with Crippen molar-refractivity contribution in [2.75, 3.05) is 7.11 Å². The smallest absolute Gasteiger partial charge is 0.201 e. The predicted octanol–water partition coefficient (Wildman–Crippen LogP) is 1.21. The molecule has 78 valence electrons. The average Bonchev–Trinajstić information content (AvgIpc) is 2.23. The number of hydrogen-bond donors (Lipinski definition) is 2. The van der Waals surface area contributed by atoms with Gasteiger partial charge in [0.2, 0.25) is 5.75 Å². The first-order chi connectivity index (χ1) is 7.15. The van der Waals surface area contributed by atoms with Crippen LogP contribution in [0.5, 0.6) is 17.2 Å². The fourth-order valence-corrected chi connectivity index (χ4v) is 1.35. The van der Waals surface area contributed by atoms with Crippen molar-refractivity contribution in [1.82, 2.24) is 0 Å². The fourth-order valence-electron chi connectivity index (χ4n) is 1.35. The van der Waals surface area contributed by atoms with Gasteiger partial charge in [-0.1, -0.05) is 0 Å². The third kappa shape index (κ3) is 1.28. The van der Waals surface area contributed by atoms with Crippen LogP contribution >= 0.6 is 0 Å². The second-order valence-corrected chi connectivity index (χ2v) is 2.93. The molecule has 2 aromatic rings. The van der Waals surface area contributed by atoms with Gasteiger partial charge in [-0.3, -0.25) is 4.79 Å². The predicted molar refractivity (Wildman–Crippen MR) is 52.4 cm³/mol. The summed E-state index contributed by atoms with van der Waals surface area (Å²) in [5.74, 6) is -0.948. The zero-order valence-corrected chi connectivity index (χ0v) is 7.85. The lowest BCUT2D eigenvalue weighted by Crippen LogP contribution is -1.99. The van der Waals surface area contributed by atoms with E-state index < -0.39 is 16.9 Å². The molecule has 1 heterocycles. The van der Waals surface area contributed by atoms with Gasteiger partial charge in [0.05, 0.1) is 13.4 Å². The van der Waals surface area contributed by atoms with Gasteiger partial charge < -0.3 is 19.4 Å². The molecule has 0 radical (unpaired) electrons. The molecule has 0 fully saturated rings. The Hall–Kier alpha value is -2.17. The molecule has 5 nitrogen and oxygen atoms in total. The largest absolute Gasteiger partial charge is 0.504 e. The fraction of sp³-hybridized carbons (Fsp3) is 0.100. The van der Waals surface area contributed by atoms with E-state index in [-0.39, 0.29) is 16.7 Å². The average molecular weight is 208 g/mol. The van der Waals surface area contributed by atoms with E-state index in [2.05, 4.69) is 0 Å². The number of phenolic OH excluding ortho intramolecular Hbond substituents is 2. The van der Waals surface area contributed by atoms with Gasteiger partial charge in [0, 0.05) is 12.1 Å². The first kappa shape index (κ1) is 9.39. The molecular weight excluding hydrogens is 200 g/mol. The molecule has 0 saturated carbocycles. The van der Waals surface area contributed by atoms with Crippen molar-refractivity contribution in [3.05, 3.63) is 28.6 Å². The quantitative estimate of drug-likeness (QED) is 0.688. The van der Waals surface area contributed by atoms with Crippen molar-refractivity contribution in [3.8, 4) is 17.2 Å². The van der Waals surface area contributed by atoms with Crippen LogP contribution in [0, 0.1) is 0 Å². The molecule has 5 heteroatoms. The Labute approximate surface area is 84.1 Å². The van der Waals surface area contributed by atoms with Crippen molar-refractivity contribution < 1.29 is 19.4 Å². The zero-order valence-electron chi connectivity index (χ0n) is 7.85. The van der Waals surface area contributed by atoms with Crippen LogP contribution in [0.2, 0.25) is 0 Å². The lowest BCUT2D eigenvalue weighted by molar-refractivity contribution is 0.352. The minimum atomic E-state index is -0.529. The molecule has 0 atom stereocenters. The van der Waals surface area contributed by atoms with Crippen LogP contribution in [-0.4, -0.2) is 17.3 Å². The summed E-state index contributed by atoms with van der Waals surface area (Å²) in [7, 11) is 1.33. The van der Waals surface area contributed by atoms with Gasteiger partial charge in [0.1, 0.15) is 11.0 Å². The van der Waals surface area contributed by atoms with E-state index in [1.165, 1.54) is 19.4 Å². The van der Waals surface area contributed by atoms with Gasteiger partial charge in [-0.05, 0) is 0 Å². The van der Waals surface area contributed by atoms with Crippen molar-refractivity contribution in [1.29, 1.82) is 0 Å². The number of phenols is 2. The highest BCUT2D eigenvalue weighted by Crippen LogP contribution is 2.39. The molecule has 0 unspecified atom stereocenters. The molecule has 0 amide bonds. The van der Waals surface area contributed by atoms with E-state index in [0.717, 1.165) is 6.07 Å². The Morgan fingerprint density at radius 3 is 2.73 bits per heavy atom. The van der Waals surface area contributed by atoms with Gasteiger partial charge in [-0.25, -0.2) is 0 Å².